The molecule has 9 heteroatoms. The molecule has 7 nitrogen and oxygen atoms in total. The molecule has 0 amide bonds. The van der Waals surface area contributed by atoms with Crippen molar-refractivity contribution < 1.29 is 4.39 Å². The lowest BCUT2D eigenvalue weighted by Crippen LogP contribution is -1.90. The number of hydrogen-bond acceptors (Lipinski definition) is 6. The monoisotopic (exact) mass is 413 g/mol. The molecule has 0 radical (unpaired) electrons. The minimum atomic E-state index is -0.405. The van der Waals surface area contributed by atoms with Crippen molar-refractivity contribution in [2.75, 3.05) is 0 Å². The van der Waals surface area contributed by atoms with Gasteiger partial charge in [0.05, 0.1) is 16.4 Å². The molecular weight excluding hydrogens is 401 g/mol. The molecule has 0 aliphatic rings. The van der Waals surface area contributed by atoms with Crippen molar-refractivity contribution in [1.29, 1.82) is 0 Å². The summed E-state index contributed by atoms with van der Waals surface area (Å²) in [6.07, 6.45) is 6.29. The maximum atomic E-state index is 15.5. The van der Waals surface area contributed by atoms with Crippen molar-refractivity contribution in [3.05, 3.63) is 66.4 Å². The molecule has 5 heterocycles. The van der Waals surface area contributed by atoms with E-state index in [4.69, 9.17) is 0 Å². The number of aromatic amines is 2. The van der Waals surface area contributed by atoms with E-state index in [0.717, 1.165) is 16.0 Å². The number of thiophene rings is 1. The maximum absolute atomic E-state index is 15.5. The lowest BCUT2D eigenvalue weighted by molar-refractivity contribution is 0.643. The van der Waals surface area contributed by atoms with E-state index in [1.54, 1.807) is 42.1 Å². The fourth-order valence-electron chi connectivity index (χ4n) is 3.57. The summed E-state index contributed by atoms with van der Waals surface area (Å²) < 4.78 is 15.5. The Labute approximate surface area is 172 Å². The number of rotatable bonds is 3. The number of H-pyrrole nitrogens is 2. The second-order valence-corrected chi connectivity index (χ2v) is 7.62. The number of aromatic nitrogens is 7. The van der Waals surface area contributed by atoms with Crippen molar-refractivity contribution in [2.45, 2.75) is 0 Å². The van der Waals surface area contributed by atoms with Crippen LogP contribution in [0.3, 0.4) is 0 Å². The van der Waals surface area contributed by atoms with Gasteiger partial charge in [0.1, 0.15) is 17.8 Å². The van der Waals surface area contributed by atoms with Gasteiger partial charge in [-0.05, 0) is 29.6 Å². The molecule has 144 valence electrons. The molecule has 0 unspecified atom stereocenters. The van der Waals surface area contributed by atoms with Crippen LogP contribution in [-0.4, -0.2) is 35.1 Å². The summed E-state index contributed by atoms with van der Waals surface area (Å²) in [7, 11) is 0. The van der Waals surface area contributed by atoms with Gasteiger partial charge in [0.25, 0.3) is 0 Å². The molecule has 6 aromatic rings. The predicted octanol–water partition coefficient (Wildman–Crippen LogP) is 4.83. The highest BCUT2D eigenvalue weighted by atomic mass is 32.1. The number of fused-ring (bicyclic) bond motifs is 2. The van der Waals surface area contributed by atoms with Crippen molar-refractivity contribution in [3.63, 3.8) is 0 Å². The highest BCUT2D eigenvalue weighted by Crippen LogP contribution is 2.35. The van der Waals surface area contributed by atoms with Crippen LogP contribution in [0.5, 0.6) is 0 Å². The van der Waals surface area contributed by atoms with E-state index in [-0.39, 0.29) is 0 Å². The van der Waals surface area contributed by atoms with Crippen LogP contribution in [0.25, 0.3) is 55.2 Å². The van der Waals surface area contributed by atoms with Crippen LogP contribution in [0.15, 0.2) is 60.6 Å². The molecule has 0 fully saturated rings. The third-order valence-electron chi connectivity index (χ3n) is 4.94. The van der Waals surface area contributed by atoms with E-state index in [2.05, 4.69) is 35.1 Å². The van der Waals surface area contributed by atoms with Gasteiger partial charge in [0.2, 0.25) is 0 Å². The van der Waals surface area contributed by atoms with Gasteiger partial charge >= 0.3 is 0 Å². The highest BCUT2D eigenvalue weighted by Gasteiger charge is 2.20. The summed E-state index contributed by atoms with van der Waals surface area (Å²) in [5.41, 5.74) is 4.32. The molecule has 0 bridgehead atoms. The SMILES string of the molecule is Fc1c(-c2cncnc2)ccc2[nH]nc(-c3nc4nccc(-c5cccs5)c4[nH]3)c12. The zero-order valence-electron chi connectivity index (χ0n) is 15.3. The number of benzene rings is 1. The molecule has 1 aromatic carbocycles. The lowest BCUT2D eigenvalue weighted by atomic mass is 10.0. The maximum Gasteiger partial charge on any atom is 0.178 e. The number of nitrogens with one attached hydrogen (secondary N) is 2. The summed E-state index contributed by atoms with van der Waals surface area (Å²) in [5, 5.41) is 9.60. The first kappa shape index (κ1) is 16.9. The first-order chi connectivity index (χ1) is 14.8. The van der Waals surface area contributed by atoms with Crippen LogP contribution in [0.2, 0.25) is 0 Å². The van der Waals surface area contributed by atoms with Crippen LogP contribution in [-0.2, 0) is 0 Å². The number of halogens is 1. The second-order valence-electron chi connectivity index (χ2n) is 6.67. The summed E-state index contributed by atoms with van der Waals surface area (Å²) in [6, 6.07) is 9.45. The van der Waals surface area contributed by atoms with Crippen LogP contribution in [0, 0.1) is 5.82 Å². The Kier molecular flexibility index (Phi) is 3.68. The van der Waals surface area contributed by atoms with Crippen molar-refractivity contribution in [2.24, 2.45) is 0 Å². The summed E-state index contributed by atoms with van der Waals surface area (Å²) in [4.78, 5) is 21.3. The molecule has 0 spiro atoms. The fourth-order valence-corrected chi connectivity index (χ4v) is 4.32. The Hall–Kier alpha value is -3.98. The zero-order chi connectivity index (χ0) is 20.1. The van der Waals surface area contributed by atoms with E-state index >= 15 is 4.39 Å². The molecule has 0 aliphatic carbocycles. The van der Waals surface area contributed by atoms with Crippen LogP contribution >= 0.6 is 11.3 Å². The topological polar surface area (TPSA) is 96.0 Å². The van der Waals surface area contributed by atoms with Gasteiger partial charge in [0, 0.05) is 40.2 Å². The standard InChI is InChI=1S/C21H12FN7S/c22-17-12(11-8-23-10-24-9-11)3-4-14-16(17)19(29-28-14)21-26-18-13(15-2-1-7-30-15)5-6-25-20(18)27-21/h1-10H,(H,28,29)(H,25,26,27). The van der Waals surface area contributed by atoms with Crippen molar-refractivity contribution >= 4 is 33.4 Å². The summed E-state index contributed by atoms with van der Waals surface area (Å²) >= 11 is 1.63. The molecule has 6 rings (SSSR count). The van der Waals surface area contributed by atoms with Gasteiger partial charge in [-0.15, -0.1) is 11.3 Å². The average molecular weight is 413 g/mol. The van der Waals surface area contributed by atoms with E-state index < -0.39 is 5.82 Å². The molecule has 0 saturated heterocycles. The van der Waals surface area contributed by atoms with Gasteiger partial charge in [-0.3, -0.25) is 5.10 Å². The Morgan fingerprint density at radius 2 is 1.90 bits per heavy atom. The predicted molar refractivity (Wildman–Crippen MR) is 113 cm³/mol. The summed E-state index contributed by atoms with van der Waals surface area (Å²) in [6.45, 7) is 0. The Balaban J connectivity index is 1.57. The van der Waals surface area contributed by atoms with Gasteiger partial charge in [-0.1, -0.05) is 6.07 Å². The van der Waals surface area contributed by atoms with Crippen LogP contribution < -0.4 is 0 Å². The van der Waals surface area contributed by atoms with Gasteiger partial charge in [0.15, 0.2) is 11.5 Å². The van der Waals surface area contributed by atoms with E-state index in [9.17, 15) is 0 Å². The van der Waals surface area contributed by atoms with Gasteiger partial charge < -0.3 is 4.98 Å². The number of imidazole rings is 1. The summed E-state index contributed by atoms with van der Waals surface area (Å²) in [5.74, 6) is 0.0473. The van der Waals surface area contributed by atoms with E-state index in [1.807, 2.05) is 23.6 Å². The largest absolute Gasteiger partial charge is 0.335 e. The molecule has 5 aromatic heterocycles. The fraction of sp³-hybridized carbons (Fsp3) is 0. The van der Waals surface area contributed by atoms with Crippen molar-refractivity contribution in [1.82, 2.24) is 35.1 Å². The lowest BCUT2D eigenvalue weighted by Gasteiger charge is -2.04. The number of hydrogen-bond donors (Lipinski definition) is 2. The highest BCUT2D eigenvalue weighted by molar-refractivity contribution is 7.13. The Bertz CT molecular complexity index is 1500. The first-order valence-electron chi connectivity index (χ1n) is 9.10. The third kappa shape index (κ3) is 2.52. The molecule has 0 aliphatic heterocycles. The van der Waals surface area contributed by atoms with Crippen LogP contribution in [0.4, 0.5) is 4.39 Å². The van der Waals surface area contributed by atoms with Gasteiger partial charge in [-0.25, -0.2) is 24.3 Å². The zero-order valence-corrected chi connectivity index (χ0v) is 16.1. The minimum Gasteiger partial charge on any atom is -0.335 e. The molecular formula is C21H12FN7S. The molecule has 0 saturated carbocycles. The first-order valence-corrected chi connectivity index (χ1v) is 9.98. The van der Waals surface area contributed by atoms with Gasteiger partial charge in [-0.2, -0.15) is 5.10 Å². The van der Waals surface area contributed by atoms with E-state index in [1.165, 1.54) is 6.33 Å². The Morgan fingerprint density at radius 1 is 1.00 bits per heavy atom. The van der Waals surface area contributed by atoms with Crippen molar-refractivity contribution in [3.8, 4) is 33.1 Å². The quantitative estimate of drug-likeness (QED) is 0.433. The minimum absolute atomic E-state index is 0.355. The van der Waals surface area contributed by atoms with Crippen LogP contribution in [0.1, 0.15) is 0 Å². The number of pyridine rings is 1. The molecule has 30 heavy (non-hydrogen) atoms. The average Bonchev–Trinajstić information content (AvgIpc) is 3.53. The smallest absolute Gasteiger partial charge is 0.178 e. The third-order valence-corrected chi connectivity index (χ3v) is 5.84. The second kappa shape index (κ2) is 6.53. The number of nitrogens with zero attached hydrogens (tertiary/aromatic N) is 5. The molecule has 0 atom stereocenters. The normalized spacial score (nSPS) is 11.5. The molecule has 2 N–H and O–H groups in total. The van der Waals surface area contributed by atoms with E-state index in [0.29, 0.717) is 39.2 Å². The Morgan fingerprint density at radius 3 is 2.73 bits per heavy atom.